The Morgan fingerprint density at radius 1 is 0.952 bits per heavy atom. The predicted octanol–water partition coefficient (Wildman–Crippen LogP) is 6.25. The molecule has 1 atom stereocenters. The molecule has 7 nitrogen and oxygen atoms in total. The lowest BCUT2D eigenvalue weighted by Crippen LogP contribution is -2.54. The molecule has 1 N–H and O–H groups in total. The summed E-state index contributed by atoms with van der Waals surface area (Å²) >= 11 is 3.44. The quantitative estimate of drug-likeness (QED) is 0.250. The van der Waals surface area contributed by atoms with Crippen LogP contribution in [0.5, 0.6) is 0 Å². The number of halogens is 1. The van der Waals surface area contributed by atoms with Gasteiger partial charge in [0.15, 0.2) is 0 Å². The van der Waals surface area contributed by atoms with Crippen molar-refractivity contribution in [3.63, 3.8) is 0 Å². The molecule has 0 radical (unpaired) electrons. The van der Waals surface area contributed by atoms with E-state index in [4.69, 9.17) is 0 Å². The molecule has 0 unspecified atom stereocenters. The zero-order valence-electron chi connectivity index (χ0n) is 24.3. The summed E-state index contributed by atoms with van der Waals surface area (Å²) in [5.41, 5.74) is 2.33. The zero-order chi connectivity index (χ0) is 30.1. The SMILES string of the molecule is CC[C@@H](C(=O)NC1CCCCC1)N(CCc1ccccc1)C(=O)CN(c1cccc(Br)c1)S(=O)(=O)c1ccc(C)cc1. The van der Waals surface area contributed by atoms with Crippen LogP contribution in [0, 0.1) is 6.92 Å². The molecule has 3 aromatic rings. The Hall–Kier alpha value is -3.17. The first-order valence-corrected chi connectivity index (χ1v) is 16.9. The van der Waals surface area contributed by atoms with Gasteiger partial charge < -0.3 is 10.2 Å². The van der Waals surface area contributed by atoms with Gasteiger partial charge in [-0.15, -0.1) is 0 Å². The van der Waals surface area contributed by atoms with Gasteiger partial charge in [-0.2, -0.15) is 0 Å². The number of hydrogen-bond acceptors (Lipinski definition) is 4. The van der Waals surface area contributed by atoms with Crippen molar-refractivity contribution in [2.45, 2.75) is 75.8 Å². The summed E-state index contributed by atoms with van der Waals surface area (Å²) in [4.78, 5) is 29.5. The molecule has 4 rings (SSSR count). The number of nitrogens with zero attached hydrogens (tertiary/aromatic N) is 2. The number of carbonyl (C=O) groups is 2. The van der Waals surface area contributed by atoms with E-state index >= 15 is 0 Å². The van der Waals surface area contributed by atoms with E-state index in [1.165, 1.54) is 6.42 Å². The van der Waals surface area contributed by atoms with Crippen molar-refractivity contribution in [3.8, 4) is 0 Å². The molecule has 1 aliphatic rings. The maximum absolute atomic E-state index is 14.2. The van der Waals surface area contributed by atoms with Crippen LogP contribution in [0.3, 0.4) is 0 Å². The van der Waals surface area contributed by atoms with Crippen molar-refractivity contribution in [1.82, 2.24) is 10.2 Å². The van der Waals surface area contributed by atoms with E-state index in [9.17, 15) is 18.0 Å². The van der Waals surface area contributed by atoms with Gasteiger partial charge in [-0.1, -0.05) is 96.2 Å². The number of anilines is 1. The van der Waals surface area contributed by atoms with Crippen LogP contribution < -0.4 is 9.62 Å². The fraction of sp³-hybridized carbons (Fsp3) is 0.394. The standard InChI is InChI=1S/C33H40BrN3O4S/c1-3-31(33(39)35-28-14-8-5-9-15-28)36(22-21-26-11-6-4-7-12-26)32(38)24-37(29-16-10-13-27(34)23-29)42(40,41)30-19-17-25(2)18-20-30/h4,6-7,10-13,16-20,23,28,31H,3,5,8-9,14-15,21-22,24H2,1-2H3,(H,35,39)/t31-/m0/s1. The number of amides is 2. The van der Waals surface area contributed by atoms with E-state index in [-0.39, 0.29) is 23.4 Å². The minimum absolute atomic E-state index is 0.0961. The number of sulfonamides is 1. The monoisotopic (exact) mass is 653 g/mol. The number of hydrogen-bond donors (Lipinski definition) is 1. The average molecular weight is 655 g/mol. The molecule has 9 heteroatoms. The van der Waals surface area contributed by atoms with Gasteiger partial charge in [0.1, 0.15) is 12.6 Å². The fourth-order valence-corrected chi connectivity index (χ4v) is 7.23. The second-order valence-electron chi connectivity index (χ2n) is 10.9. The molecule has 42 heavy (non-hydrogen) atoms. The lowest BCUT2D eigenvalue weighted by Gasteiger charge is -2.34. The molecule has 0 saturated heterocycles. The van der Waals surface area contributed by atoms with E-state index in [1.807, 2.05) is 44.2 Å². The van der Waals surface area contributed by atoms with Gasteiger partial charge in [-0.25, -0.2) is 8.42 Å². The molecule has 0 heterocycles. The molecule has 224 valence electrons. The predicted molar refractivity (Wildman–Crippen MR) is 171 cm³/mol. The normalized spacial score (nSPS) is 14.6. The summed E-state index contributed by atoms with van der Waals surface area (Å²) in [6.07, 6.45) is 6.17. The van der Waals surface area contributed by atoms with Crippen LogP contribution >= 0.6 is 15.9 Å². The summed E-state index contributed by atoms with van der Waals surface area (Å²) in [7, 11) is -4.09. The summed E-state index contributed by atoms with van der Waals surface area (Å²) < 4.78 is 29.8. The minimum atomic E-state index is -4.09. The first-order valence-electron chi connectivity index (χ1n) is 14.7. The van der Waals surface area contributed by atoms with Crippen molar-refractivity contribution in [2.24, 2.45) is 0 Å². The second kappa shape index (κ2) is 14.8. The van der Waals surface area contributed by atoms with Crippen molar-refractivity contribution in [3.05, 3.63) is 94.5 Å². The Bertz CT molecular complexity index is 1440. The van der Waals surface area contributed by atoms with Gasteiger partial charge in [0.05, 0.1) is 10.6 Å². The molecule has 0 bridgehead atoms. The Kier molecular flexibility index (Phi) is 11.2. The second-order valence-corrected chi connectivity index (χ2v) is 13.7. The summed E-state index contributed by atoms with van der Waals surface area (Å²) in [5, 5.41) is 3.19. The van der Waals surface area contributed by atoms with Gasteiger partial charge in [0, 0.05) is 17.1 Å². The molecule has 1 fully saturated rings. The maximum atomic E-state index is 14.2. The van der Waals surface area contributed by atoms with Crippen molar-refractivity contribution in [2.75, 3.05) is 17.4 Å². The maximum Gasteiger partial charge on any atom is 0.264 e. The molecule has 1 saturated carbocycles. The number of carbonyl (C=O) groups excluding carboxylic acids is 2. The van der Waals surface area contributed by atoms with Crippen molar-refractivity contribution in [1.29, 1.82) is 0 Å². The number of nitrogens with one attached hydrogen (secondary N) is 1. The Morgan fingerprint density at radius 3 is 2.29 bits per heavy atom. The molecule has 0 aliphatic heterocycles. The highest BCUT2D eigenvalue weighted by atomic mass is 79.9. The van der Waals surface area contributed by atoms with Crippen molar-refractivity contribution >= 4 is 43.5 Å². The molecule has 0 spiro atoms. The van der Waals surface area contributed by atoms with Crippen molar-refractivity contribution < 1.29 is 18.0 Å². The molecule has 3 aromatic carbocycles. The van der Waals surface area contributed by atoms with Gasteiger partial charge in [0.25, 0.3) is 10.0 Å². The van der Waals surface area contributed by atoms with Crippen LogP contribution in [0.2, 0.25) is 0 Å². The molecule has 2 amide bonds. The van der Waals surface area contributed by atoms with Crippen LogP contribution in [-0.2, 0) is 26.0 Å². The van der Waals surface area contributed by atoms with Gasteiger partial charge in [-0.05, 0) is 68.5 Å². The topological polar surface area (TPSA) is 86.8 Å². The van der Waals surface area contributed by atoms with E-state index in [0.29, 0.717) is 23.0 Å². The summed E-state index contributed by atoms with van der Waals surface area (Å²) in [6.45, 7) is 3.63. The lowest BCUT2D eigenvalue weighted by molar-refractivity contribution is -0.140. The van der Waals surface area contributed by atoms with Gasteiger partial charge in [-0.3, -0.25) is 13.9 Å². The summed E-state index contributed by atoms with van der Waals surface area (Å²) in [5.74, 6) is -0.603. The van der Waals surface area contributed by atoms with E-state index in [2.05, 4.69) is 21.2 Å². The van der Waals surface area contributed by atoms with Crippen LogP contribution in [0.4, 0.5) is 5.69 Å². The average Bonchev–Trinajstić information content (AvgIpc) is 2.99. The largest absolute Gasteiger partial charge is 0.352 e. The third kappa shape index (κ3) is 8.22. The van der Waals surface area contributed by atoms with Gasteiger partial charge >= 0.3 is 0 Å². The molecule has 0 aromatic heterocycles. The fourth-order valence-electron chi connectivity index (χ4n) is 5.44. The highest BCUT2D eigenvalue weighted by Crippen LogP contribution is 2.27. The van der Waals surface area contributed by atoms with Crippen LogP contribution in [0.25, 0.3) is 0 Å². The smallest absolute Gasteiger partial charge is 0.264 e. The first-order chi connectivity index (χ1) is 20.2. The minimum Gasteiger partial charge on any atom is -0.352 e. The van der Waals surface area contributed by atoms with Gasteiger partial charge in [0.2, 0.25) is 11.8 Å². The Balaban J connectivity index is 1.66. The van der Waals surface area contributed by atoms with Crippen LogP contribution in [-0.4, -0.2) is 50.3 Å². The van der Waals surface area contributed by atoms with Crippen LogP contribution in [0.1, 0.15) is 56.6 Å². The molecular weight excluding hydrogens is 614 g/mol. The lowest BCUT2D eigenvalue weighted by atomic mass is 9.95. The molecule has 1 aliphatic carbocycles. The summed E-state index contributed by atoms with van der Waals surface area (Å²) in [6, 6.07) is 22.7. The van der Waals surface area contributed by atoms with E-state index in [0.717, 1.165) is 41.1 Å². The highest BCUT2D eigenvalue weighted by molar-refractivity contribution is 9.10. The Morgan fingerprint density at radius 2 is 1.64 bits per heavy atom. The highest BCUT2D eigenvalue weighted by Gasteiger charge is 2.34. The molecular formula is C33H40BrN3O4S. The number of rotatable bonds is 12. The van der Waals surface area contributed by atoms with E-state index in [1.54, 1.807) is 53.4 Å². The number of aryl methyl sites for hydroxylation is 1. The first kappa shape index (κ1) is 31.8. The Labute approximate surface area is 258 Å². The third-order valence-electron chi connectivity index (χ3n) is 7.81. The van der Waals surface area contributed by atoms with E-state index < -0.39 is 28.5 Å². The zero-order valence-corrected chi connectivity index (χ0v) is 26.7. The third-order valence-corrected chi connectivity index (χ3v) is 10.1. The number of benzene rings is 3. The van der Waals surface area contributed by atoms with Crippen LogP contribution in [0.15, 0.2) is 88.2 Å².